The number of nitriles is 1. The second-order valence-corrected chi connectivity index (χ2v) is 6.77. The first-order valence-electron chi connectivity index (χ1n) is 9.21. The van der Waals surface area contributed by atoms with Crippen molar-refractivity contribution in [1.29, 1.82) is 5.26 Å². The van der Waals surface area contributed by atoms with E-state index in [9.17, 15) is 14.9 Å². The predicted molar refractivity (Wildman–Crippen MR) is 110 cm³/mol. The molecule has 0 saturated heterocycles. The monoisotopic (exact) mass is 404 g/mol. The summed E-state index contributed by atoms with van der Waals surface area (Å²) in [5.41, 5.74) is 3.19. The van der Waals surface area contributed by atoms with Gasteiger partial charge in [-0.05, 0) is 31.5 Å². The van der Waals surface area contributed by atoms with Crippen molar-refractivity contribution in [3.05, 3.63) is 79.7 Å². The SMILES string of the molecule is [C-]#[N+]CCOC(=O)C1=C(C)Nc2c(C)c[nH]c(=O)c2C1c1ccc(C#N)cc1OC. The molecule has 0 saturated carbocycles. The van der Waals surface area contributed by atoms with Crippen molar-refractivity contribution < 1.29 is 14.3 Å². The minimum atomic E-state index is -0.770. The summed E-state index contributed by atoms with van der Waals surface area (Å²) in [5.74, 6) is -1.01. The number of carbonyl (C=O) groups excluding carboxylic acids is 1. The lowest BCUT2D eigenvalue weighted by Gasteiger charge is -2.31. The summed E-state index contributed by atoms with van der Waals surface area (Å²) in [7, 11) is 1.47. The van der Waals surface area contributed by atoms with Crippen LogP contribution >= 0.6 is 0 Å². The number of hydrogen-bond acceptors (Lipinski definition) is 6. The molecule has 152 valence electrons. The molecule has 8 heteroatoms. The Morgan fingerprint density at radius 1 is 1.37 bits per heavy atom. The molecule has 30 heavy (non-hydrogen) atoms. The number of aromatic nitrogens is 1. The topological polar surface area (TPSA) is 109 Å². The van der Waals surface area contributed by atoms with Crippen LogP contribution in [0.3, 0.4) is 0 Å². The standard InChI is InChI=1S/C22H20N4O4/c1-12-11-25-21(27)19-18(15-6-5-14(10-23)9-16(15)29-4)17(13(2)26-20(12)19)22(28)30-8-7-24-3/h5-6,9,11,18,26H,7-8H2,1-2,4H3,(H,25,27). The first-order chi connectivity index (χ1) is 14.4. The summed E-state index contributed by atoms with van der Waals surface area (Å²) in [6.45, 7) is 10.4. The molecule has 0 amide bonds. The molecule has 3 rings (SSSR count). The maximum absolute atomic E-state index is 13.0. The zero-order valence-corrected chi connectivity index (χ0v) is 16.8. The predicted octanol–water partition coefficient (Wildman–Crippen LogP) is 2.86. The average molecular weight is 404 g/mol. The van der Waals surface area contributed by atoms with E-state index >= 15 is 0 Å². The van der Waals surface area contributed by atoms with Gasteiger partial charge < -0.3 is 24.6 Å². The van der Waals surface area contributed by atoms with Crippen LogP contribution in [0.25, 0.3) is 4.85 Å². The fourth-order valence-corrected chi connectivity index (χ4v) is 3.57. The number of nitrogens with zero attached hydrogens (tertiary/aromatic N) is 2. The molecule has 1 aliphatic rings. The number of benzene rings is 1. The number of aryl methyl sites for hydroxylation is 1. The highest BCUT2D eigenvalue weighted by atomic mass is 16.5. The molecular weight excluding hydrogens is 384 g/mol. The van der Waals surface area contributed by atoms with Crippen LogP contribution in [0, 0.1) is 24.8 Å². The average Bonchev–Trinajstić information content (AvgIpc) is 2.75. The van der Waals surface area contributed by atoms with Gasteiger partial charge in [0.05, 0.1) is 41.5 Å². The summed E-state index contributed by atoms with van der Waals surface area (Å²) < 4.78 is 10.8. The number of methoxy groups -OCH3 is 1. The number of allylic oxidation sites excluding steroid dienone is 1. The zero-order chi connectivity index (χ0) is 21.8. The highest BCUT2D eigenvalue weighted by molar-refractivity contribution is 5.95. The Balaban J connectivity index is 2.26. The largest absolute Gasteiger partial charge is 0.496 e. The first kappa shape index (κ1) is 20.7. The normalized spacial score (nSPS) is 14.8. The molecule has 0 radical (unpaired) electrons. The molecule has 1 aromatic heterocycles. The van der Waals surface area contributed by atoms with Gasteiger partial charge in [-0.25, -0.2) is 11.4 Å². The lowest BCUT2D eigenvalue weighted by Crippen LogP contribution is -2.31. The molecule has 2 heterocycles. The molecular formula is C22H20N4O4. The van der Waals surface area contributed by atoms with Crippen molar-refractivity contribution in [3.63, 3.8) is 0 Å². The summed E-state index contributed by atoms with van der Waals surface area (Å²) in [5, 5.41) is 12.4. The highest BCUT2D eigenvalue weighted by Crippen LogP contribution is 2.44. The third kappa shape index (κ3) is 3.63. The number of anilines is 1. The minimum Gasteiger partial charge on any atom is -0.496 e. The van der Waals surface area contributed by atoms with E-state index in [2.05, 4.69) is 21.2 Å². The van der Waals surface area contributed by atoms with E-state index in [1.54, 1.807) is 31.3 Å². The van der Waals surface area contributed by atoms with Crippen molar-refractivity contribution in [3.8, 4) is 11.8 Å². The van der Waals surface area contributed by atoms with Crippen LogP contribution in [0.2, 0.25) is 0 Å². The summed E-state index contributed by atoms with van der Waals surface area (Å²) in [6, 6.07) is 6.92. The Bertz CT molecular complexity index is 1180. The third-order valence-electron chi connectivity index (χ3n) is 4.95. The van der Waals surface area contributed by atoms with Crippen molar-refractivity contribution in [2.75, 3.05) is 25.6 Å². The molecule has 1 atom stereocenters. The molecule has 0 bridgehead atoms. The van der Waals surface area contributed by atoms with Crippen LogP contribution in [-0.2, 0) is 9.53 Å². The van der Waals surface area contributed by atoms with E-state index in [-0.39, 0.29) is 24.3 Å². The molecule has 0 spiro atoms. The van der Waals surface area contributed by atoms with Gasteiger partial charge in [0.25, 0.3) is 5.56 Å². The number of esters is 1. The van der Waals surface area contributed by atoms with E-state index in [0.29, 0.717) is 33.8 Å². The van der Waals surface area contributed by atoms with Crippen molar-refractivity contribution >= 4 is 11.7 Å². The number of H-pyrrole nitrogens is 1. The Hall–Kier alpha value is -4.04. The molecule has 2 N–H and O–H groups in total. The van der Waals surface area contributed by atoms with E-state index in [1.165, 1.54) is 7.11 Å². The number of carbonyl (C=O) groups is 1. The van der Waals surface area contributed by atoms with Gasteiger partial charge >= 0.3 is 5.97 Å². The Labute approximate surface area is 173 Å². The van der Waals surface area contributed by atoms with Crippen LogP contribution < -0.4 is 15.6 Å². The number of ether oxygens (including phenoxy) is 2. The molecule has 2 aromatic rings. The lowest BCUT2D eigenvalue weighted by molar-refractivity contribution is -0.138. The van der Waals surface area contributed by atoms with Gasteiger partial charge in [-0.15, -0.1) is 0 Å². The third-order valence-corrected chi connectivity index (χ3v) is 4.95. The number of nitrogens with one attached hydrogen (secondary N) is 2. The van der Waals surface area contributed by atoms with Gasteiger partial charge in [-0.1, -0.05) is 6.07 Å². The van der Waals surface area contributed by atoms with Crippen LogP contribution in [0.5, 0.6) is 5.75 Å². The van der Waals surface area contributed by atoms with Crippen LogP contribution in [-0.4, -0.2) is 31.2 Å². The van der Waals surface area contributed by atoms with Crippen LogP contribution in [0.4, 0.5) is 5.69 Å². The van der Waals surface area contributed by atoms with E-state index < -0.39 is 11.9 Å². The number of hydrogen-bond donors (Lipinski definition) is 2. The Kier molecular flexibility index (Phi) is 5.89. The summed E-state index contributed by atoms with van der Waals surface area (Å²) >= 11 is 0. The van der Waals surface area contributed by atoms with Gasteiger partial charge in [0.15, 0.2) is 6.61 Å². The lowest BCUT2D eigenvalue weighted by atomic mass is 9.80. The second kappa shape index (κ2) is 8.54. The van der Waals surface area contributed by atoms with Crippen LogP contribution in [0.1, 0.15) is 35.1 Å². The molecule has 1 unspecified atom stereocenters. The molecule has 1 aromatic carbocycles. The second-order valence-electron chi connectivity index (χ2n) is 6.77. The highest BCUT2D eigenvalue weighted by Gasteiger charge is 2.37. The summed E-state index contributed by atoms with van der Waals surface area (Å²) in [4.78, 5) is 31.7. The smallest absolute Gasteiger partial charge is 0.337 e. The maximum Gasteiger partial charge on any atom is 0.337 e. The molecule has 0 aliphatic carbocycles. The fourth-order valence-electron chi connectivity index (χ4n) is 3.57. The quantitative estimate of drug-likeness (QED) is 0.451. The van der Waals surface area contributed by atoms with Crippen molar-refractivity contribution in [1.82, 2.24) is 4.98 Å². The Morgan fingerprint density at radius 3 is 2.80 bits per heavy atom. The molecule has 1 aliphatic heterocycles. The first-order valence-corrected chi connectivity index (χ1v) is 9.21. The molecule has 0 fully saturated rings. The maximum atomic E-state index is 13.0. The van der Waals surface area contributed by atoms with Crippen molar-refractivity contribution in [2.24, 2.45) is 0 Å². The van der Waals surface area contributed by atoms with Gasteiger partial charge in [0.1, 0.15) is 5.75 Å². The fraction of sp³-hybridized carbons (Fsp3) is 0.273. The Morgan fingerprint density at radius 2 is 2.13 bits per heavy atom. The van der Waals surface area contributed by atoms with E-state index in [4.69, 9.17) is 16.0 Å². The van der Waals surface area contributed by atoms with Gasteiger partial charge in [-0.3, -0.25) is 4.79 Å². The number of fused-ring (bicyclic) bond motifs is 1. The van der Waals surface area contributed by atoms with Gasteiger partial charge in [0.2, 0.25) is 6.54 Å². The number of pyridine rings is 1. The number of rotatable bonds is 5. The van der Waals surface area contributed by atoms with Gasteiger partial charge in [-0.2, -0.15) is 5.26 Å². The van der Waals surface area contributed by atoms with Gasteiger partial charge in [0, 0.05) is 17.5 Å². The molecule has 8 nitrogen and oxygen atoms in total. The summed E-state index contributed by atoms with van der Waals surface area (Å²) in [6.07, 6.45) is 1.60. The zero-order valence-electron chi connectivity index (χ0n) is 16.8. The van der Waals surface area contributed by atoms with E-state index in [1.807, 2.05) is 6.92 Å². The van der Waals surface area contributed by atoms with Crippen LogP contribution in [0.15, 0.2) is 40.5 Å². The van der Waals surface area contributed by atoms with Crippen molar-refractivity contribution in [2.45, 2.75) is 19.8 Å². The number of aromatic amines is 1. The van der Waals surface area contributed by atoms with E-state index in [0.717, 1.165) is 5.56 Å². The minimum absolute atomic E-state index is 0.0482.